The van der Waals surface area contributed by atoms with Crippen molar-refractivity contribution in [3.05, 3.63) is 71.9 Å². The number of H-pyrrole nitrogens is 1. The van der Waals surface area contributed by atoms with Crippen LogP contribution >= 0.6 is 0 Å². The summed E-state index contributed by atoms with van der Waals surface area (Å²) in [6.07, 6.45) is 5.19. The highest BCUT2D eigenvalue weighted by molar-refractivity contribution is 7.92. The molecule has 4 N–H and O–H groups in total. The molecule has 4 aromatic rings. The average Bonchev–Trinajstić information content (AvgIpc) is 3.62. The lowest BCUT2D eigenvalue weighted by molar-refractivity contribution is -0.127. The van der Waals surface area contributed by atoms with Crippen molar-refractivity contribution >= 4 is 56.0 Å². The Hall–Kier alpha value is -4.65. The molecule has 0 aliphatic carbocycles. The monoisotopic (exact) mass is 590 g/mol. The minimum absolute atomic E-state index is 0.174. The fraction of sp³-hybridized carbons (Fsp3) is 0.310. The summed E-state index contributed by atoms with van der Waals surface area (Å²) in [4.78, 5) is 38.4. The van der Waals surface area contributed by atoms with Gasteiger partial charge in [-0.1, -0.05) is 18.2 Å². The van der Waals surface area contributed by atoms with Crippen molar-refractivity contribution in [2.24, 2.45) is 0 Å². The Balaban J connectivity index is 1.22. The zero-order valence-electron chi connectivity index (χ0n) is 23.6. The predicted molar refractivity (Wildman–Crippen MR) is 163 cm³/mol. The molecule has 0 radical (unpaired) electrons. The van der Waals surface area contributed by atoms with E-state index in [1.54, 1.807) is 42.6 Å². The van der Waals surface area contributed by atoms with Crippen LogP contribution in [0.3, 0.4) is 0 Å². The van der Waals surface area contributed by atoms with Crippen LogP contribution in [-0.4, -0.2) is 73.0 Å². The standard InChI is InChI=1S/C29H34N8O4S/c1-36(42(2,40)41)24-8-4-3-7-21(24)19-32-27-23-14-16-30-26(23)34-29(35-27)33-22-12-10-20(11-13-22)28(39)31-15-6-18-37-17-5-9-25(37)38/h3-4,7-8,10-14,16H,5-6,9,15,17-19H2,1-2H3,(H,31,39)(H3,30,32,33,34,35). The quantitative estimate of drug-likeness (QED) is 0.183. The summed E-state index contributed by atoms with van der Waals surface area (Å²) < 4.78 is 25.5. The molecule has 1 saturated heterocycles. The maximum Gasteiger partial charge on any atom is 0.251 e. The molecule has 0 spiro atoms. The van der Waals surface area contributed by atoms with Gasteiger partial charge in [-0.05, 0) is 54.8 Å². The van der Waals surface area contributed by atoms with E-state index in [0.717, 1.165) is 23.9 Å². The van der Waals surface area contributed by atoms with Crippen molar-refractivity contribution in [3.63, 3.8) is 0 Å². The van der Waals surface area contributed by atoms with Crippen LogP contribution in [0.15, 0.2) is 60.8 Å². The highest BCUT2D eigenvalue weighted by Gasteiger charge is 2.19. The van der Waals surface area contributed by atoms with Crippen LogP contribution in [0, 0.1) is 0 Å². The molecule has 1 aliphatic rings. The Labute approximate surface area is 244 Å². The van der Waals surface area contributed by atoms with E-state index in [9.17, 15) is 18.0 Å². The fourth-order valence-corrected chi connectivity index (χ4v) is 5.34. The van der Waals surface area contributed by atoms with Crippen LogP contribution in [0.2, 0.25) is 0 Å². The number of nitrogens with one attached hydrogen (secondary N) is 4. The number of hydrogen-bond acceptors (Lipinski definition) is 8. The van der Waals surface area contributed by atoms with E-state index in [4.69, 9.17) is 0 Å². The molecule has 2 aromatic heterocycles. The largest absolute Gasteiger partial charge is 0.365 e. The van der Waals surface area contributed by atoms with Crippen LogP contribution < -0.4 is 20.3 Å². The van der Waals surface area contributed by atoms with Gasteiger partial charge in [0.25, 0.3) is 5.91 Å². The lowest BCUT2D eigenvalue weighted by atomic mass is 10.1. The summed E-state index contributed by atoms with van der Waals surface area (Å²) in [5.41, 5.74) is 3.23. The molecule has 3 heterocycles. The average molecular weight is 591 g/mol. The minimum Gasteiger partial charge on any atom is -0.365 e. The minimum atomic E-state index is -3.42. The van der Waals surface area contributed by atoms with E-state index in [2.05, 4.69) is 30.9 Å². The molecule has 2 aromatic carbocycles. The number of fused-ring (bicyclic) bond motifs is 1. The number of carbonyl (C=O) groups is 2. The second-order valence-corrected chi connectivity index (χ2v) is 12.2. The Bertz CT molecular complexity index is 1690. The van der Waals surface area contributed by atoms with Crippen molar-refractivity contribution in [1.29, 1.82) is 0 Å². The normalized spacial score (nSPS) is 13.4. The number of benzene rings is 2. The highest BCUT2D eigenvalue weighted by Crippen LogP contribution is 2.26. The molecule has 0 saturated carbocycles. The van der Waals surface area contributed by atoms with Crippen molar-refractivity contribution in [2.75, 3.05) is 47.9 Å². The number of carbonyl (C=O) groups excluding carboxylic acids is 2. The van der Waals surface area contributed by atoms with E-state index in [1.807, 2.05) is 23.1 Å². The number of aromatic amines is 1. The van der Waals surface area contributed by atoms with Crippen molar-refractivity contribution in [3.8, 4) is 0 Å². The zero-order valence-corrected chi connectivity index (χ0v) is 24.4. The van der Waals surface area contributed by atoms with E-state index in [-0.39, 0.29) is 11.8 Å². The van der Waals surface area contributed by atoms with Gasteiger partial charge in [-0.25, -0.2) is 8.42 Å². The van der Waals surface area contributed by atoms with Gasteiger partial charge in [-0.2, -0.15) is 9.97 Å². The molecule has 0 atom stereocenters. The van der Waals surface area contributed by atoms with Crippen LogP contribution in [0.4, 0.5) is 23.1 Å². The Kier molecular flexibility index (Phi) is 8.57. The summed E-state index contributed by atoms with van der Waals surface area (Å²) in [7, 11) is -1.89. The number of anilines is 4. The summed E-state index contributed by atoms with van der Waals surface area (Å²) in [6.45, 7) is 2.30. The van der Waals surface area contributed by atoms with Gasteiger partial charge in [0.15, 0.2) is 0 Å². The van der Waals surface area contributed by atoms with Crippen molar-refractivity contribution in [1.82, 2.24) is 25.2 Å². The summed E-state index contributed by atoms with van der Waals surface area (Å²) in [6, 6.07) is 16.2. The van der Waals surface area contributed by atoms with Gasteiger partial charge in [0.2, 0.25) is 21.9 Å². The van der Waals surface area contributed by atoms with Gasteiger partial charge in [0.05, 0.1) is 17.3 Å². The van der Waals surface area contributed by atoms with E-state index in [0.29, 0.717) is 66.8 Å². The number of para-hydroxylation sites is 1. The van der Waals surface area contributed by atoms with E-state index in [1.165, 1.54) is 17.6 Å². The first-order valence-corrected chi connectivity index (χ1v) is 15.6. The molecular formula is C29H34N8O4S. The Morgan fingerprint density at radius 3 is 2.62 bits per heavy atom. The molecule has 2 amide bonds. The molecule has 0 unspecified atom stereocenters. The highest BCUT2D eigenvalue weighted by atomic mass is 32.2. The summed E-state index contributed by atoms with van der Waals surface area (Å²) >= 11 is 0. The maximum atomic E-state index is 12.6. The molecule has 220 valence electrons. The molecule has 12 nitrogen and oxygen atoms in total. The van der Waals surface area contributed by atoms with E-state index < -0.39 is 10.0 Å². The number of hydrogen-bond donors (Lipinski definition) is 4. The third kappa shape index (κ3) is 6.79. The molecular weight excluding hydrogens is 556 g/mol. The number of aromatic nitrogens is 3. The number of likely N-dealkylation sites (tertiary alicyclic amines) is 1. The summed E-state index contributed by atoms with van der Waals surface area (Å²) in [5.74, 6) is 0.941. The zero-order chi connectivity index (χ0) is 29.7. The SMILES string of the molecule is CN(c1ccccc1CNc1nc(Nc2ccc(C(=O)NCCCN3CCCC3=O)cc2)nc2[nH]ccc12)S(C)(=O)=O. The Morgan fingerprint density at radius 2 is 1.88 bits per heavy atom. The van der Waals surface area contributed by atoms with E-state index >= 15 is 0 Å². The molecule has 13 heteroatoms. The first kappa shape index (κ1) is 28.9. The molecule has 0 bridgehead atoms. The lowest BCUT2D eigenvalue weighted by Crippen LogP contribution is -2.30. The van der Waals surface area contributed by atoms with Gasteiger partial charge in [0.1, 0.15) is 11.5 Å². The lowest BCUT2D eigenvalue weighted by Gasteiger charge is -2.20. The topological polar surface area (TPSA) is 152 Å². The maximum absolute atomic E-state index is 12.6. The third-order valence-electron chi connectivity index (χ3n) is 7.16. The van der Waals surface area contributed by atoms with Crippen LogP contribution in [0.5, 0.6) is 0 Å². The van der Waals surface area contributed by atoms with Crippen LogP contribution in [0.1, 0.15) is 35.2 Å². The second kappa shape index (κ2) is 12.5. The predicted octanol–water partition coefficient (Wildman–Crippen LogP) is 3.45. The van der Waals surface area contributed by atoms with Crippen molar-refractivity contribution in [2.45, 2.75) is 25.8 Å². The number of sulfonamides is 1. The van der Waals surface area contributed by atoms with Crippen LogP contribution in [0.25, 0.3) is 11.0 Å². The molecule has 5 rings (SSSR count). The summed E-state index contributed by atoms with van der Waals surface area (Å²) in [5, 5.41) is 10.2. The first-order valence-electron chi connectivity index (χ1n) is 13.7. The third-order valence-corrected chi connectivity index (χ3v) is 8.35. The van der Waals surface area contributed by atoms with Gasteiger partial charge in [0, 0.05) is 57.1 Å². The number of amides is 2. The molecule has 1 fully saturated rings. The second-order valence-electron chi connectivity index (χ2n) is 10.1. The fourth-order valence-electron chi connectivity index (χ4n) is 4.81. The number of nitrogens with zero attached hydrogens (tertiary/aromatic N) is 4. The van der Waals surface area contributed by atoms with Gasteiger partial charge in [-0.15, -0.1) is 0 Å². The van der Waals surface area contributed by atoms with Crippen LogP contribution in [-0.2, 0) is 21.4 Å². The van der Waals surface area contributed by atoms with Crippen molar-refractivity contribution < 1.29 is 18.0 Å². The van der Waals surface area contributed by atoms with Gasteiger partial charge in [-0.3, -0.25) is 13.9 Å². The smallest absolute Gasteiger partial charge is 0.251 e. The van der Waals surface area contributed by atoms with Gasteiger partial charge >= 0.3 is 0 Å². The Morgan fingerprint density at radius 1 is 1.10 bits per heavy atom. The van der Waals surface area contributed by atoms with Gasteiger partial charge < -0.3 is 25.8 Å². The molecule has 42 heavy (non-hydrogen) atoms. The molecule has 1 aliphatic heterocycles. The number of rotatable bonds is 12. The first-order chi connectivity index (χ1) is 20.2.